The molecule has 0 aromatic heterocycles. The molecule has 0 radical (unpaired) electrons. The molecule has 0 saturated heterocycles. The minimum absolute atomic E-state index is 0.0282. The van der Waals surface area contributed by atoms with Crippen molar-refractivity contribution in [2.24, 2.45) is 40.4 Å². The van der Waals surface area contributed by atoms with E-state index in [1.165, 1.54) is 12.0 Å². The molecule has 166 valence electrons. The molecule has 0 aliphatic heterocycles. The Balaban J connectivity index is 1.54. The van der Waals surface area contributed by atoms with Crippen LogP contribution in [0.5, 0.6) is 0 Å². The Morgan fingerprint density at radius 3 is 2.48 bits per heavy atom. The molecule has 0 spiro atoms. The number of aliphatic hydroxyl groups is 1. The zero-order chi connectivity index (χ0) is 21.2. The lowest BCUT2D eigenvalue weighted by molar-refractivity contribution is -0.0897. The molecule has 7 atom stereocenters. The van der Waals surface area contributed by atoms with Gasteiger partial charge in [0.15, 0.2) is 0 Å². The number of hydrogen-bond donors (Lipinski definition) is 1. The van der Waals surface area contributed by atoms with Crippen LogP contribution in [0.1, 0.15) is 98.8 Å². The van der Waals surface area contributed by atoms with E-state index in [0.717, 1.165) is 44.9 Å². The van der Waals surface area contributed by atoms with E-state index in [1.807, 2.05) is 20.8 Å². The molecule has 3 saturated carbocycles. The molecule has 4 aliphatic rings. The molecule has 3 fully saturated rings. The van der Waals surface area contributed by atoms with Crippen molar-refractivity contribution in [3.63, 3.8) is 0 Å². The van der Waals surface area contributed by atoms with Gasteiger partial charge in [-0.05, 0) is 98.7 Å². The van der Waals surface area contributed by atoms with E-state index >= 15 is 0 Å². The predicted molar refractivity (Wildman–Crippen MR) is 115 cm³/mol. The van der Waals surface area contributed by atoms with Crippen LogP contribution in [-0.2, 0) is 0 Å². The Kier molecular flexibility index (Phi) is 5.29. The molecule has 1 nitrogen and oxygen atoms in total. The maximum absolute atomic E-state index is 14.7. The van der Waals surface area contributed by atoms with Crippen molar-refractivity contribution >= 4 is 0 Å². The fourth-order valence-corrected chi connectivity index (χ4v) is 8.29. The smallest absolute Gasteiger partial charge is 0.248 e. The molecule has 4 rings (SSSR count). The van der Waals surface area contributed by atoms with Gasteiger partial charge in [0, 0.05) is 12.8 Å². The van der Waals surface area contributed by atoms with Crippen molar-refractivity contribution < 1.29 is 13.9 Å². The van der Waals surface area contributed by atoms with Crippen molar-refractivity contribution in [2.45, 2.75) is 110 Å². The second-order valence-corrected chi connectivity index (χ2v) is 12.4. The highest BCUT2D eigenvalue weighted by molar-refractivity contribution is 5.26. The van der Waals surface area contributed by atoms with Crippen LogP contribution in [0.2, 0.25) is 0 Å². The molecule has 0 bridgehead atoms. The average molecular weight is 409 g/mol. The Hall–Kier alpha value is -0.440. The number of halogens is 2. The third-order valence-corrected chi connectivity index (χ3v) is 9.83. The van der Waals surface area contributed by atoms with E-state index in [4.69, 9.17) is 0 Å². The predicted octanol–water partition coefficient (Wildman–Crippen LogP) is 7.39. The van der Waals surface area contributed by atoms with Crippen LogP contribution in [-0.4, -0.2) is 16.6 Å². The van der Waals surface area contributed by atoms with E-state index in [2.05, 4.69) is 19.9 Å². The zero-order valence-corrected chi connectivity index (χ0v) is 19.2. The molecule has 0 heterocycles. The van der Waals surface area contributed by atoms with Gasteiger partial charge in [0.05, 0.1) is 5.60 Å². The van der Waals surface area contributed by atoms with E-state index in [1.54, 1.807) is 0 Å². The minimum Gasteiger partial charge on any atom is -0.390 e. The summed E-state index contributed by atoms with van der Waals surface area (Å²) in [7, 11) is 0. The molecule has 3 unspecified atom stereocenters. The topological polar surface area (TPSA) is 20.2 Å². The first-order valence-electron chi connectivity index (χ1n) is 12.2. The summed E-state index contributed by atoms with van der Waals surface area (Å²) in [6, 6.07) is 0. The van der Waals surface area contributed by atoms with Gasteiger partial charge in [-0.15, -0.1) is 0 Å². The van der Waals surface area contributed by atoms with Gasteiger partial charge < -0.3 is 5.11 Å². The summed E-state index contributed by atoms with van der Waals surface area (Å²) in [4.78, 5) is 0. The SMILES string of the molecule is CC(C)CC(F)(F)C[C@H]1CCC2C3CC=C4C[C@@](C)(O)CC[C@]4(C)C3CC[C@@]21C. The Morgan fingerprint density at radius 1 is 1.07 bits per heavy atom. The summed E-state index contributed by atoms with van der Waals surface area (Å²) >= 11 is 0. The minimum atomic E-state index is -2.52. The monoisotopic (exact) mass is 408 g/mol. The third kappa shape index (κ3) is 3.72. The van der Waals surface area contributed by atoms with Crippen LogP contribution < -0.4 is 0 Å². The maximum Gasteiger partial charge on any atom is 0.248 e. The molecule has 1 N–H and O–H groups in total. The van der Waals surface area contributed by atoms with E-state index in [0.29, 0.717) is 17.8 Å². The summed E-state index contributed by atoms with van der Waals surface area (Å²) in [5, 5.41) is 10.6. The number of fused-ring (bicyclic) bond motifs is 5. The van der Waals surface area contributed by atoms with Crippen molar-refractivity contribution in [2.75, 3.05) is 0 Å². The van der Waals surface area contributed by atoms with Crippen molar-refractivity contribution in [1.29, 1.82) is 0 Å². The van der Waals surface area contributed by atoms with Gasteiger partial charge in [-0.3, -0.25) is 0 Å². The lowest BCUT2D eigenvalue weighted by Crippen LogP contribution is -2.51. The summed E-state index contributed by atoms with van der Waals surface area (Å²) in [6.07, 6.45) is 10.9. The molecular formula is C26H42F2O. The lowest BCUT2D eigenvalue weighted by atomic mass is 9.46. The van der Waals surface area contributed by atoms with Gasteiger partial charge in [0.1, 0.15) is 0 Å². The zero-order valence-electron chi connectivity index (χ0n) is 19.2. The van der Waals surface area contributed by atoms with Crippen LogP contribution in [0, 0.1) is 40.4 Å². The van der Waals surface area contributed by atoms with Gasteiger partial charge in [0.2, 0.25) is 5.92 Å². The first kappa shape index (κ1) is 21.8. The van der Waals surface area contributed by atoms with Crippen LogP contribution in [0.25, 0.3) is 0 Å². The average Bonchev–Trinajstić information content (AvgIpc) is 2.90. The number of allylic oxidation sites excluding steroid dienone is 1. The first-order valence-corrected chi connectivity index (χ1v) is 12.2. The van der Waals surface area contributed by atoms with Crippen molar-refractivity contribution in [1.82, 2.24) is 0 Å². The Bertz CT molecular complexity index is 666. The molecular weight excluding hydrogens is 366 g/mol. The quantitative estimate of drug-likeness (QED) is 0.481. The van der Waals surface area contributed by atoms with Gasteiger partial charge >= 0.3 is 0 Å². The Labute approximate surface area is 176 Å². The maximum atomic E-state index is 14.7. The van der Waals surface area contributed by atoms with E-state index in [9.17, 15) is 13.9 Å². The third-order valence-electron chi connectivity index (χ3n) is 9.83. The van der Waals surface area contributed by atoms with Gasteiger partial charge in [0.25, 0.3) is 0 Å². The molecule has 0 amide bonds. The summed E-state index contributed by atoms with van der Waals surface area (Å²) in [5.74, 6) is -0.378. The molecule has 0 aromatic carbocycles. The van der Waals surface area contributed by atoms with Crippen LogP contribution in [0.15, 0.2) is 11.6 Å². The fourth-order valence-electron chi connectivity index (χ4n) is 8.29. The molecule has 3 heteroatoms. The number of rotatable bonds is 4. The van der Waals surface area contributed by atoms with Crippen LogP contribution in [0.4, 0.5) is 8.78 Å². The summed E-state index contributed by atoms with van der Waals surface area (Å²) in [6.45, 7) is 10.6. The standard InChI is InChI=1S/C26H42F2O/c1-17(2)14-26(27,28)16-19-7-9-21-20-8-6-18-15-23(3,29)12-13-25(18,5)22(20)10-11-24(19,21)4/h6,17,19-22,29H,7-16H2,1-5H3/t19-,20?,21?,22?,23+,24-,25+/m1/s1. The van der Waals surface area contributed by atoms with Crippen molar-refractivity contribution in [3.05, 3.63) is 11.6 Å². The fraction of sp³-hybridized carbons (Fsp3) is 0.923. The van der Waals surface area contributed by atoms with Crippen LogP contribution in [0.3, 0.4) is 0 Å². The van der Waals surface area contributed by atoms with Gasteiger partial charge in [-0.1, -0.05) is 39.3 Å². The highest BCUT2D eigenvalue weighted by Gasteiger charge is 2.60. The lowest BCUT2D eigenvalue weighted by Gasteiger charge is -2.59. The number of alkyl halides is 2. The normalized spacial score (nSPS) is 47.4. The van der Waals surface area contributed by atoms with Gasteiger partial charge in [-0.25, -0.2) is 8.78 Å². The molecule has 29 heavy (non-hydrogen) atoms. The van der Waals surface area contributed by atoms with Crippen LogP contribution >= 0.6 is 0 Å². The summed E-state index contributed by atoms with van der Waals surface area (Å²) < 4.78 is 29.4. The highest BCUT2D eigenvalue weighted by atomic mass is 19.3. The van der Waals surface area contributed by atoms with Crippen molar-refractivity contribution in [3.8, 4) is 0 Å². The highest BCUT2D eigenvalue weighted by Crippen LogP contribution is 2.67. The van der Waals surface area contributed by atoms with E-state index in [-0.39, 0.29) is 35.5 Å². The molecule has 0 aromatic rings. The molecule has 4 aliphatic carbocycles. The second kappa shape index (κ2) is 7.04. The second-order valence-electron chi connectivity index (χ2n) is 12.4. The largest absolute Gasteiger partial charge is 0.390 e. The van der Waals surface area contributed by atoms with Gasteiger partial charge in [-0.2, -0.15) is 0 Å². The summed E-state index contributed by atoms with van der Waals surface area (Å²) in [5.41, 5.74) is 1.23. The first-order chi connectivity index (χ1) is 13.4. The Morgan fingerprint density at radius 2 is 1.79 bits per heavy atom. The van der Waals surface area contributed by atoms with E-state index < -0.39 is 11.5 Å². The number of hydrogen-bond acceptors (Lipinski definition) is 1.